The van der Waals surface area contributed by atoms with E-state index in [2.05, 4.69) is 86.8 Å². The predicted octanol–water partition coefficient (Wildman–Crippen LogP) is 16.8. The number of aliphatic hydroxyl groups excluding tert-OH is 2. The van der Waals surface area contributed by atoms with Gasteiger partial charge in [-0.25, -0.2) is 0 Å². The van der Waals surface area contributed by atoms with Crippen molar-refractivity contribution < 1.29 is 24.5 Å². The van der Waals surface area contributed by atoms with Crippen LogP contribution in [0.4, 0.5) is 0 Å². The first-order valence-corrected chi connectivity index (χ1v) is 27.5. The van der Waals surface area contributed by atoms with Gasteiger partial charge in [-0.05, 0) is 89.9 Å². The fraction of sp³-hybridized carbons (Fsp3) is 0.793. The third kappa shape index (κ3) is 46.1. The molecule has 0 aliphatic carbocycles. The number of aliphatic hydroxyl groups is 2. The van der Waals surface area contributed by atoms with Gasteiger partial charge in [0.25, 0.3) is 0 Å². The van der Waals surface area contributed by atoms with Gasteiger partial charge in [0, 0.05) is 6.42 Å². The van der Waals surface area contributed by atoms with Crippen LogP contribution in [0.25, 0.3) is 0 Å². The number of nitrogens with one attached hydrogen (secondary N) is 1. The van der Waals surface area contributed by atoms with Crippen LogP contribution in [0.15, 0.2) is 60.8 Å². The number of hydrogen-bond donors (Lipinski definition) is 3. The van der Waals surface area contributed by atoms with Crippen molar-refractivity contribution in [2.75, 3.05) is 6.61 Å². The highest BCUT2D eigenvalue weighted by atomic mass is 16.5. The summed E-state index contributed by atoms with van der Waals surface area (Å²) in [5, 5.41) is 23.8. The highest BCUT2D eigenvalue weighted by Gasteiger charge is 2.24. The maximum Gasteiger partial charge on any atom is 0.306 e. The molecule has 0 aliphatic heterocycles. The van der Waals surface area contributed by atoms with E-state index >= 15 is 0 Å². The lowest BCUT2D eigenvalue weighted by molar-refractivity contribution is -0.151. The first-order chi connectivity index (χ1) is 31.5. The van der Waals surface area contributed by atoms with Crippen molar-refractivity contribution in [3.8, 4) is 0 Å². The van der Waals surface area contributed by atoms with Crippen LogP contribution in [-0.4, -0.2) is 46.9 Å². The van der Waals surface area contributed by atoms with Gasteiger partial charge < -0.3 is 20.3 Å². The largest absolute Gasteiger partial charge is 0.462 e. The molecular formula is C58H105NO5. The molecule has 0 spiro atoms. The number of carbonyl (C=O) groups excluding carboxylic acids is 2. The van der Waals surface area contributed by atoms with Crippen LogP contribution >= 0.6 is 0 Å². The third-order valence-electron chi connectivity index (χ3n) is 12.3. The maximum absolute atomic E-state index is 13.2. The van der Waals surface area contributed by atoms with Crippen molar-refractivity contribution in [1.29, 1.82) is 0 Å². The number of unbranched alkanes of at least 4 members (excludes halogenated alkanes) is 28. The summed E-state index contributed by atoms with van der Waals surface area (Å²) in [4.78, 5) is 26.2. The van der Waals surface area contributed by atoms with Gasteiger partial charge in [-0.15, -0.1) is 0 Å². The Morgan fingerprint density at radius 2 is 0.844 bits per heavy atom. The van der Waals surface area contributed by atoms with E-state index in [4.69, 9.17) is 4.74 Å². The van der Waals surface area contributed by atoms with Crippen molar-refractivity contribution in [1.82, 2.24) is 5.32 Å². The zero-order valence-electron chi connectivity index (χ0n) is 42.4. The Morgan fingerprint density at radius 3 is 1.33 bits per heavy atom. The molecule has 0 saturated carbocycles. The summed E-state index contributed by atoms with van der Waals surface area (Å²) in [5.41, 5.74) is 0. The first-order valence-electron chi connectivity index (χ1n) is 27.5. The van der Waals surface area contributed by atoms with Gasteiger partial charge in [0.2, 0.25) is 5.91 Å². The molecule has 0 aromatic heterocycles. The highest BCUT2D eigenvalue weighted by molar-refractivity contribution is 5.77. The van der Waals surface area contributed by atoms with E-state index in [0.717, 1.165) is 96.3 Å². The Morgan fingerprint density at radius 1 is 0.469 bits per heavy atom. The van der Waals surface area contributed by atoms with Gasteiger partial charge in [0.1, 0.15) is 6.10 Å². The van der Waals surface area contributed by atoms with Gasteiger partial charge >= 0.3 is 5.97 Å². The number of hydrogen-bond acceptors (Lipinski definition) is 5. The van der Waals surface area contributed by atoms with E-state index in [-0.39, 0.29) is 24.9 Å². The van der Waals surface area contributed by atoms with Gasteiger partial charge in [-0.3, -0.25) is 9.59 Å². The molecule has 3 N–H and O–H groups in total. The smallest absolute Gasteiger partial charge is 0.306 e. The van der Waals surface area contributed by atoms with Crippen molar-refractivity contribution in [2.45, 2.75) is 289 Å². The molecule has 0 aliphatic rings. The molecule has 0 heterocycles. The second kappa shape index (κ2) is 51.5. The summed E-state index contributed by atoms with van der Waals surface area (Å²) in [6.45, 7) is 6.43. The molecule has 372 valence electrons. The van der Waals surface area contributed by atoms with Crippen LogP contribution in [-0.2, 0) is 14.3 Å². The number of amides is 1. The molecule has 0 aromatic carbocycles. The van der Waals surface area contributed by atoms with E-state index in [0.29, 0.717) is 19.3 Å². The van der Waals surface area contributed by atoms with Gasteiger partial charge in [0.05, 0.1) is 25.2 Å². The fourth-order valence-corrected chi connectivity index (χ4v) is 8.13. The molecule has 0 radical (unpaired) electrons. The van der Waals surface area contributed by atoms with Crippen LogP contribution in [0.3, 0.4) is 0 Å². The molecular weight excluding hydrogens is 791 g/mol. The zero-order chi connectivity index (χ0) is 46.7. The molecule has 0 aromatic rings. The van der Waals surface area contributed by atoms with Crippen LogP contribution < -0.4 is 5.32 Å². The van der Waals surface area contributed by atoms with E-state index < -0.39 is 18.2 Å². The SMILES string of the molecule is CCCCC/C=C\C/C=C\C/C=C\CCCCCCCCC(=O)OC(CCCCCC/C=C/C=C/CCCCC)CC(=O)NC(CO)C(O)CCCCCCCCCCCCCCC. The molecule has 0 bridgehead atoms. The quantitative estimate of drug-likeness (QED) is 0.0245. The number of esters is 1. The van der Waals surface area contributed by atoms with Crippen LogP contribution in [0.5, 0.6) is 0 Å². The Hall–Kier alpha value is -2.44. The minimum atomic E-state index is -0.797. The summed E-state index contributed by atoms with van der Waals surface area (Å²) in [6.07, 6.45) is 64.2. The normalized spacial score (nSPS) is 13.6. The average Bonchev–Trinajstić information content (AvgIpc) is 3.29. The van der Waals surface area contributed by atoms with Gasteiger partial charge in [-0.1, -0.05) is 229 Å². The van der Waals surface area contributed by atoms with Crippen molar-refractivity contribution in [2.24, 2.45) is 0 Å². The standard InChI is InChI=1S/C58H105NO5/c1-4-7-10-13-16-19-22-25-26-27-28-29-30-33-36-39-42-45-48-51-58(63)64-54(49-46-43-40-37-34-31-23-20-17-14-11-8-5-2)52-57(62)59-55(53-60)56(61)50-47-44-41-38-35-32-24-21-18-15-12-9-6-3/h16-17,19-20,23,25-26,28-29,31,54-56,60-61H,4-15,18,21-22,24,27,30,32-53H2,1-3H3,(H,59,62)/b19-16-,20-17+,26-25-,29-28-,31-23+. The lowest BCUT2D eigenvalue weighted by atomic mass is 10.0. The van der Waals surface area contributed by atoms with E-state index in [1.54, 1.807) is 0 Å². The minimum Gasteiger partial charge on any atom is -0.462 e. The molecule has 6 heteroatoms. The second-order valence-corrected chi connectivity index (χ2v) is 18.7. The van der Waals surface area contributed by atoms with Crippen LogP contribution in [0.1, 0.15) is 271 Å². The lowest BCUT2D eigenvalue weighted by Crippen LogP contribution is -2.46. The average molecular weight is 896 g/mol. The summed E-state index contributed by atoms with van der Waals surface area (Å²) < 4.78 is 5.93. The van der Waals surface area contributed by atoms with E-state index in [1.807, 2.05) is 0 Å². The molecule has 3 atom stereocenters. The monoisotopic (exact) mass is 896 g/mol. The Bertz CT molecular complexity index is 1140. The predicted molar refractivity (Wildman–Crippen MR) is 278 cm³/mol. The molecule has 1 amide bonds. The van der Waals surface area contributed by atoms with Gasteiger partial charge in [0.15, 0.2) is 0 Å². The number of carbonyl (C=O) groups is 2. The summed E-state index contributed by atoms with van der Waals surface area (Å²) in [5.74, 6) is -0.504. The summed E-state index contributed by atoms with van der Waals surface area (Å²) >= 11 is 0. The lowest BCUT2D eigenvalue weighted by Gasteiger charge is -2.24. The Kier molecular flexibility index (Phi) is 49.6. The second-order valence-electron chi connectivity index (χ2n) is 18.7. The highest BCUT2D eigenvalue weighted by Crippen LogP contribution is 2.18. The minimum absolute atomic E-state index is 0.0578. The number of ether oxygens (including phenoxy) is 1. The van der Waals surface area contributed by atoms with Crippen LogP contribution in [0, 0.1) is 0 Å². The summed E-state index contributed by atoms with van der Waals surface area (Å²) in [6, 6.07) is -0.712. The Balaban J connectivity index is 4.58. The molecule has 64 heavy (non-hydrogen) atoms. The van der Waals surface area contributed by atoms with E-state index in [9.17, 15) is 19.8 Å². The number of allylic oxidation sites excluding steroid dienone is 10. The molecule has 0 saturated heterocycles. The first kappa shape index (κ1) is 61.6. The van der Waals surface area contributed by atoms with Crippen LogP contribution in [0.2, 0.25) is 0 Å². The maximum atomic E-state index is 13.2. The third-order valence-corrected chi connectivity index (χ3v) is 12.3. The summed E-state index contributed by atoms with van der Waals surface area (Å²) in [7, 11) is 0. The van der Waals surface area contributed by atoms with Gasteiger partial charge in [-0.2, -0.15) is 0 Å². The molecule has 3 unspecified atom stereocenters. The fourth-order valence-electron chi connectivity index (χ4n) is 8.13. The van der Waals surface area contributed by atoms with Crippen molar-refractivity contribution >= 4 is 11.9 Å². The zero-order valence-corrected chi connectivity index (χ0v) is 42.4. The van der Waals surface area contributed by atoms with E-state index in [1.165, 1.54) is 128 Å². The van der Waals surface area contributed by atoms with Crippen molar-refractivity contribution in [3.63, 3.8) is 0 Å². The molecule has 0 rings (SSSR count). The topological polar surface area (TPSA) is 95.9 Å². The van der Waals surface area contributed by atoms with Crippen molar-refractivity contribution in [3.05, 3.63) is 60.8 Å². The molecule has 0 fully saturated rings. The number of rotatable bonds is 49. The molecule has 6 nitrogen and oxygen atoms in total. The Labute approximate surface area is 397 Å².